The molecule has 0 heterocycles. The summed E-state index contributed by atoms with van der Waals surface area (Å²) < 4.78 is 10.2. The Morgan fingerprint density at radius 3 is 2.09 bits per heavy atom. The number of aryl methyl sites for hydroxylation is 1. The number of nitrogens with zero attached hydrogens (tertiary/aromatic N) is 1. The highest BCUT2D eigenvalue weighted by molar-refractivity contribution is 5.93. The van der Waals surface area contributed by atoms with Gasteiger partial charge in [0.1, 0.15) is 30.0 Å². The van der Waals surface area contributed by atoms with E-state index in [1.54, 1.807) is 32.9 Å². The van der Waals surface area contributed by atoms with E-state index in [1.807, 2.05) is 31.2 Å². The van der Waals surface area contributed by atoms with Crippen molar-refractivity contribution < 1.29 is 33.8 Å². The summed E-state index contributed by atoms with van der Waals surface area (Å²) in [4.78, 5) is 54.5. The van der Waals surface area contributed by atoms with Crippen molar-refractivity contribution in [3.05, 3.63) is 65.2 Å². The average molecular weight is 598 g/mol. The number of nitrogens with one attached hydrogen (secondary N) is 2. The largest absolute Gasteiger partial charge is 0.508 e. The molecule has 10 nitrogen and oxygen atoms in total. The zero-order valence-corrected chi connectivity index (χ0v) is 26.3. The number of carbonyl (C=O) groups is 4. The summed E-state index contributed by atoms with van der Waals surface area (Å²) in [5.41, 5.74) is 1.53. The number of hydrogen-bond donors (Lipinski definition) is 3. The summed E-state index contributed by atoms with van der Waals surface area (Å²) in [7, 11) is 1.23. The van der Waals surface area contributed by atoms with Gasteiger partial charge in [-0.15, -0.1) is 0 Å². The number of aromatic hydroxyl groups is 1. The minimum absolute atomic E-state index is 0.0714. The molecule has 2 aromatic rings. The predicted molar refractivity (Wildman–Crippen MR) is 164 cm³/mol. The number of rotatable bonds is 15. The fraction of sp³-hybridized carbons (Fsp3) is 0.515. The predicted octanol–water partition coefficient (Wildman–Crippen LogP) is 4.83. The van der Waals surface area contributed by atoms with Crippen LogP contribution in [0.3, 0.4) is 0 Å². The van der Waals surface area contributed by atoms with Crippen molar-refractivity contribution in [2.75, 3.05) is 20.2 Å². The molecular weight excluding hydrogens is 550 g/mol. The summed E-state index contributed by atoms with van der Waals surface area (Å²) >= 11 is 0. The Kier molecular flexibility index (Phi) is 14.0. The molecule has 2 unspecified atom stereocenters. The first-order valence-electron chi connectivity index (χ1n) is 14.9. The average Bonchev–Trinajstić information content (AvgIpc) is 2.97. The van der Waals surface area contributed by atoms with Gasteiger partial charge in [0.05, 0.1) is 7.11 Å². The summed E-state index contributed by atoms with van der Waals surface area (Å²) in [6, 6.07) is 11.6. The smallest absolute Gasteiger partial charge is 0.408 e. The van der Waals surface area contributed by atoms with Crippen LogP contribution in [-0.2, 0) is 36.7 Å². The molecule has 0 spiro atoms. The van der Waals surface area contributed by atoms with Gasteiger partial charge in [-0.2, -0.15) is 0 Å². The third-order valence-corrected chi connectivity index (χ3v) is 6.80. The zero-order valence-electron chi connectivity index (χ0n) is 26.3. The first-order chi connectivity index (χ1) is 20.4. The van der Waals surface area contributed by atoms with E-state index in [0.29, 0.717) is 17.5 Å². The van der Waals surface area contributed by atoms with Gasteiger partial charge in [0.25, 0.3) is 0 Å². The molecule has 0 radical (unpaired) electrons. The van der Waals surface area contributed by atoms with Crippen molar-refractivity contribution in [3.63, 3.8) is 0 Å². The number of hydrogen-bond acceptors (Lipinski definition) is 7. The Bertz CT molecular complexity index is 1190. The maximum Gasteiger partial charge on any atom is 0.408 e. The number of esters is 1. The van der Waals surface area contributed by atoms with Gasteiger partial charge in [-0.3, -0.25) is 14.4 Å². The van der Waals surface area contributed by atoms with Gasteiger partial charge >= 0.3 is 12.1 Å². The van der Waals surface area contributed by atoms with Gasteiger partial charge in [0.15, 0.2) is 0 Å². The lowest BCUT2D eigenvalue weighted by molar-refractivity contribution is -0.144. The van der Waals surface area contributed by atoms with Crippen LogP contribution in [0.1, 0.15) is 83.0 Å². The van der Waals surface area contributed by atoms with Crippen LogP contribution in [0.4, 0.5) is 4.79 Å². The van der Waals surface area contributed by atoms with Crippen LogP contribution in [0, 0.1) is 0 Å². The van der Waals surface area contributed by atoms with E-state index < -0.39 is 41.6 Å². The summed E-state index contributed by atoms with van der Waals surface area (Å²) in [6.45, 7) is 9.17. The topological polar surface area (TPSA) is 134 Å². The van der Waals surface area contributed by atoms with Gasteiger partial charge in [0, 0.05) is 13.0 Å². The van der Waals surface area contributed by atoms with Gasteiger partial charge in [-0.25, -0.2) is 4.79 Å². The fourth-order valence-electron chi connectivity index (χ4n) is 4.53. The number of carbonyl (C=O) groups excluding carboxylic acids is 4. The quantitative estimate of drug-likeness (QED) is 0.198. The molecule has 0 saturated heterocycles. The minimum Gasteiger partial charge on any atom is -0.508 e. The molecule has 2 atom stereocenters. The lowest BCUT2D eigenvalue weighted by Gasteiger charge is -2.34. The second kappa shape index (κ2) is 17.1. The number of benzene rings is 2. The molecule has 0 saturated carbocycles. The molecule has 0 aliphatic rings. The molecule has 0 aliphatic heterocycles. The molecular formula is C33H47N3O7. The Balaban J connectivity index is 2.57. The van der Waals surface area contributed by atoms with Crippen LogP contribution in [0.2, 0.25) is 0 Å². The van der Waals surface area contributed by atoms with Crippen molar-refractivity contribution in [2.45, 2.75) is 90.8 Å². The lowest BCUT2D eigenvalue weighted by Crippen LogP contribution is -2.54. The van der Waals surface area contributed by atoms with E-state index in [9.17, 15) is 24.3 Å². The number of alkyl carbamates (subject to hydrolysis) is 1. The third-order valence-electron chi connectivity index (χ3n) is 6.80. The molecule has 0 fully saturated rings. The highest BCUT2D eigenvalue weighted by Gasteiger charge is 2.36. The number of unbranched alkanes of at least 4 members (excludes halogenated alkanes) is 3. The van der Waals surface area contributed by atoms with Crippen LogP contribution in [0.25, 0.3) is 0 Å². The Hall–Kier alpha value is -4.08. The van der Waals surface area contributed by atoms with Crippen LogP contribution in [0.15, 0.2) is 48.5 Å². The van der Waals surface area contributed by atoms with E-state index in [-0.39, 0.29) is 25.3 Å². The third kappa shape index (κ3) is 12.0. The van der Waals surface area contributed by atoms with Gasteiger partial charge < -0.3 is 30.1 Å². The van der Waals surface area contributed by atoms with E-state index in [2.05, 4.69) is 17.6 Å². The van der Waals surface area contributed by atoms with Crippen molar-refractivity contribution in [3.8, 4) is 5.75 Å². The van der Waals surface area contributed by atoms with Gasteiger partial charge in [-0.1, -0.05) is 69.5 Å². The minimum atomic E-state index is -1.09. The zero-order chi connectivity index (χ0) is 32.0. The first-order valence-corrected chi connectivity index (χ1v) is 14.9. The van der Waals surface area contributed by atoms with Crippen molar-refractivity contribution >= 4 is 23.9 Å². The molecule has 236 valence electrons. The molecule has 3 N–H and O–H groups in total. The van der Waals surface area contributed by atoms with E-state index in [4.69, 9.17) is 9.47 Å². The molecule has 0 bridgehead atoms. The fourth-order valence-corrected chi connectivity index (χ4v) is 4.53. The lowest BCUT2D eigenvalue weighted by atomic mass is 9.98. The monoisotopic (exact) mass is 597 g/mol. The van der Waals surface area contributed by atoms with Crippen LogP contribution >= 0.6 is 0 Å². The molecule has 10 heteroatoms. The molecule has 0 aliphatic carbocycles. The van der Waals surface area contributed by atoms with E-state index >= 15 is 0 Å². The van der Waals surface area contributed by atoms with E-state index in [1.165, 1.54) is 24.1 Å². The SMILES string of the molecule is CCCCCCN(C(=O)C(Cc1ccc(O)cc1)NC(=O)OC(C)(C)C)C(C(=O)NCC(=O)OC)c1ccc(CC)cc1. The van der Waals surface area contributed by atoms with Crippen LogP contribution < -0.4 is 10.6 Å². The second-order valence-electron chi connectivity index (χ2n) is 11.5. The maximum absolute atomic E-state index is 14.5. The standard InChI is InChI=1S/C33H47N3O7/c1-7-9-10-11-20-36(29(30(39)34-22-28(38)42-6)25-16-12-23(8-2)13-17-25)31(40)27(35-32(41)43-33(3,4)5)21-24-14-18-26(37)19-15-24/h12-19,27,29,37H,7-11,20-22H2,1-6H3,(H,34,39)(H,35,41). The van der Waals surface area contributed by atoms with Crippen molar-refractivity contribution in [1.82, 2.24) is 15.5 Å². The molecule has 3 amide bonds. The summed E-state index contributed by atoms with van der Waals surface area (Å²) in [6.07, 6.45) is 3.54. The Morgan fingerprint density at radius 1 is 0.907 bits per heavy atom. The Labute approximate surface area is 255 Å². The molecule has 0 aromatic heterocycles. The molecule has 2 rings (SSSR count). The van der Waals surface area contributed by atoms with E-state index in [0.717, 1.165) is 31.2 Å². The first kappa shape index (κ1) is 35.1. The Morgan fingerprint density at radius 2 is 1.53 bits per heavy atom. The van der Waals surface area contributed by atoms with Crippen molar-refractivity contribution in [2.24, 2.45) is 0 Å². The number of amides is 3. The second-order valence-corrected chi connectivity index (χ2v) is 11.5. The number of methoxy groups -OCH3 is 1. The van der Waals surface area contributed by atoms with Crippen LogP contribution in [0.5, 0.6) is 5.75 Å². The number of ether oxygens (including phenoxy) is 2. The van der Waals surface area contributed by atoms with Gasteiger partial charge in [0.2, 0.25) is 11.8 Å². The summed E-state index contributed by atoms with van der Waals surface area (Å²) in [5, 5.41) is 15.1. The van der Waals surface area contributed by atoms with Crippen LogP contribution in [-0.4, -0.2) is 65.7 Å². The van der Waals surface area contributed by atoms with Crippen molar-refractivity contribution in [1.29, 1.82) is 0 Å². The van der Waals surface area contributed by atoms with Gasteiger partial charge in [-0.05, 0) is 62.4 Å². The molecule has 43 heavy (non-hydrogen) atoms. The normalized spacial score (nSPS) is 12.5. The highest BCUT2D eigenvalue weighted by atomic mass is 16.6. The molecule has 2 aromatic carbocycles. The number of phenols is 1. The highest BCUT2D eigenvalue weighted by Crippen LogP contribution is 2.25. The summed E-state index contributed by atoms with van der Waals surface area (Å²) in [5.74, 6) is -1.57. The number of phenolic OH excluding ortho intramolecular Hbond substituents is 1. The maximum atomic E-state index is 14.5.